The minimum Gasteiger partial charge on any atom is -0.493 e. The summed E-state index contributed by atoms with van der Waals surface area (Å²) in [5.74, 6) is -0.190. The lowest BCUT2D eigenvalue weighted by atomic mass is 10.2. The number of ether oxygens (including phenoxy) is 1. The maximum Gasteiger partial charge on any atom is 0.389 e. The molecule has 1 aromatic rings. The summed E-state index contributed by atoms with van der Waals surface area (Å²) in [5.41, 5.74) is 0.479. The zero-order chi connectivity index (χ0) is 12.9. The fourth-order valence-corrected chi connectivity index (χ4v) is 1.64. The van der Waals surface area contributed by atoms with Crippen LogP contribution in [-0.2, 0) is 5.33 Å². The summed E-state index contributed by atoms with van der Waals surface area (Å²) in [7, 11) is 0. The van der Waals surface area contributed by atoms with E-state index in [0.29, 0.717) is 10.9 Å². The smallest absolute Gasteiger partial charge is 0.389 e. The van der Waals surface area contributed by atoms with E-state index in [0.717, 1.165) is 0 Å². The Morgan fingerprint density at radius 2 is 1.94 bits per heavy atom. The van der Waals surface area contributed by atoms with E-state index in [4.69, 9.17) is 4.74 Å². The molecule has 96 valence electrons. The fourth-order valence-electron chi connectivity index (χ4n) is 1.19. The Morgan fingerprint density at radius 1 is 1.24 bits per heavy atom. The lowest BCUT2D eigenvalue weighted by molar-refractivity contribution is -0.136. The number of hydrogen-bond donors (Lipinski definition) is 0. The minimum absolute atomic E-state index is 0.0768. The van der Waals surface area contributed by atoms with Gasteiger partial charge in [-0.2, -0.15) is 13.2 Å². The molecule has 0 N–H and O–H groups in total. The van der Waals surface area contributed by atoms with Crippen molar-refractivity contribution in [3.8, 4) is 5.75 Å². The Morgan fingerprint density at radius 3 is 2.47 bits per heavy atom. The Bertz CT molecular complexity index is 365. The number of hydrogen-bond acceptors (Lipinski definition) is 1. The largest absolute Gasteiger partial charge is 0.493 e. The molecule has 1 aromatic carbocycles. The third kappa shape index (κ3) is 5.39. The van der Waals surface area contributed by atoms with E-state index in [1.165, 1.54) is 18.2 Å². The van der Waals surface area contributed by atoms with Gasteiger partial charge in [-0.15, -0.1) is 0 Å². The van der Waals surface area contributed by atoms with Gasteiger partial charge in [0.25, 0.3) is 0 Å². The molecule has 0 bridgehead atoms. The van der Waals surface area contributed by atoms with Gasteiger partial charge in [0.05, 0.1) is 6.61 Å². The molecule has 1 rings (SSSR count). The van der Waals surface area contributed by atoms with Gasteiger partial charge in [-0.3, -0.25) is 0 Å². The molecule has 0 aromatic heterocycles. The van der Waals surface area contributed by atoms with Crippen molar-refractivity contribution in [2.75, 3.05) is 6.61 Å². The van der Waals surface area contributed by atoms with E-state index in [1.54, 1.807) is 0 Å². The number of halogens is 5. The van der Waals surface area contributed by atoms with Crippen LogP contribution in [0.5, 0.6) is 5.75 Å². The summed E-state index contributed by atoms with van der Waals surface area (Å²) in [6.45, 7) is -0.0768. The first-order valence-corrected chi connectivity index (χ1v) is 6.08. The molecule has 6 heteroatoms. The van der Waals surface area contributed by atoms with E-state index in [9.17, 15) is 17.6 Å². The summed E-state index contributed by atoms with van der Waals surface area (Å²) in [5, 5.41) is 0.382. The number of alkyl halides is 4. The zero-order valence-electron chi connectivity index (χ0n) is 8.86. The van der Waals surface area contributed by atoms with Gasteiger partial charge in [0.2, 0.25) is 0 Å². The Kier molecular flexibility index (Phi) is 5.24. The van der Waals surface area contributed by atoms with Crippen molar-refractivity contribution in [2.24, 2.45) is 0 Å². The third-order valence-corrected chi connectivity index (χ3v) is 2.65. The second-order valence-electron chi connectivity index (χ2n) is 3.45. The normalized spacial score (nSPS) is 11.6. The molecule has 0 radical (unpaired) electrons. The van der Waals surface area contributed by atoms with Crippen LogP contribution in [0.4, 0.5) is 17.6 Å². The summed E-state index contributed by atoms with van der Waals surface area (Å²) in [6, 6.07) is 4.24. The molecule has 0 aliphatic heterocycles. The van der Waals surface area contributed by atoms with Crippen molar-refractivity contribution >= 4 is 15.9 Å². The van der Waals surface area contributed by atoms with Crippen LogP contribution in [0.25, 0.3) is 0 Å². The highest BCUT2D eigenvalue weighted by molar-refractivity contribution is 9.08. The lowest BCUT2D eigenvalue weighted by Gasteiger charge is -2.09. The van der Waals surface area contributed by atoms with Crippen LogP contribution in [0.3, 0.4) is 0 Å². The van der Waals surface area contributed by atoms with E-state index < -0.39 is 18.4 Å². The van der Waals surface area contributed by atoms with E-state index in [2.05, 4.69) is 15.9 Å². The molecule has 0 spiro atoms. The SMILES string of the molecule is Fc1cc(OCCCC(F)(F)F)ccc1CBr. The predicted octanol–water partition coefficient (Wildman–Crippen LogP) is 4.44. The molecule has 0 heterocycles. The number of rotatable bonds is 5. The molecule has 0 aliphatic rings. The van der Waals surface area contributed by atoms with Gasteiger partial charge in [0.1, 0.15) is 11.6 Å². The van der Waals surface area contributed by atoms with Crippen LogP contribution in [0.1, 0.15) is 18.4 Å². The summed E-state index contributed by atoms with van der Waals surface area (Å²) in [4.78, 5) is 0. The van der Waals surface area contributed by atoms with Crippen LogP contribution in [0, 0.1) is 5.82 Å². The standard InChI is InChI=1S/C11H11BrF4O/c12-7-8-2-3-9(6-10(8)13)17-5-1-4-11(14,15)16/h2-3,6H,1,4-5,7H2. The van der Waals surface area contributed by atoms with Crippen LogP contribution < -0.4 is 4.74 Å². The number of benzene rings is 1. The van der Waals surface area contributed by atoms with Crippen molar-refractivity contribution in [1.82, 2.24) is 0 Å². The van der Waals surface area contributed by atoms with Crippen molar-refractivity contribution in [3.63, 3.8) is 0 Å². The van der Waals surface area contributed by atoms with Gasteiger partial charge in [0.15, 0.2) is 0 Å². The third-order valence-electron chi connectivity index (χ3n) is 2.04. The highest BCUT2D eigenvalue weighted by atomic mass is 79.9. The Labute approximate surface area is 105 Å². The molecule has 0 unspecified atom stereocenters. The summed E-state index contributed by atoms with van der Waals surface area (Å²) in [6.07, 6.45) is -5.20. The quantitative estimate of drug-likeness (QED) is 0.443. The summed E-state index contributed by atoms with van der Waals surface area (Å²) >= 11 is 3.11. The van der Waals surface area contributed by atoms with Crippen LogP contribution >= 0.6 is 15.9 Å². The Hall–Kier alpha value is -0.780. The predicted molar refractivity (Wildman–Crippen MR) is 59.8 cm³/mol. The lowest BCUT2D eigenvalue weighted by Crippen LogP contribution is -2.09. The maximum absolute atomic E-state index is 13.3. The first-order chi connectivity index (χ1) is 7.92. The molecular weight excluding hydrogens is 304 g/mol. The monoisotopic (exact) mass is 314 g/mol. The van der Waals surface area contributed by atoms with Crippen molar-refractivity contribution in [3.05, 3.63) is 29.6 Å². The van der Waals surface area contributed by atoms with E-state index in [-0.39, 0.29) is 18.8 Å². The van der Waals surface area contributed by atoms with Gasteiger partial charge < -0.3 is 4.74 Å². The second kappa shape index (κ2) is 6.23. The van der Waals surface area contributed by atoms with Gasteiger partial charge in [-0.05, 0) is 18.1 Å². The van der Waals surface area contributed by atoms with Crippen LogP contribution in [0.2, 0.25) is 0 Å². The van der Waals surface area contributed by atoms with Crippen LogP contribution in [-0.4, -0.2) is 12.8 Å². The molecule has 0 aliphatic carbocycles. The highest BCUT2D eigenvalue weighted by Crippen LogP contribution is 2.22. The molecule has 17 heavy (non-hydrogen) atoms. The zero-order valence-corrected chi connectivity index (χ0v) is 10.4. The molecule has 0 saturated carbocycles. The van der Waals surface area contributed by atoms with Crippen molar-refractivity contribution < 1.29 is 22.3 Å². The molecular formula is C11H11BrF4O. The summed E-state index contributed by atoms with van der Waals surface area (Å²) < 4.78 is 53.8. The molecule has 1 nitrogen and oxygen atoms in total. The molecule has 0 saturated heterocycles. The van der Waals surface area contributed by atoms with Gasteiger partial charge in [0, 0.05) is 17.8 Å². The average molecular weight is 315 g/mol. The average Bonchev–Trinajstić information content (AvgIpc) is 2.23. The first-order valence-electron chi connectivity index (χ1n) is 4.96. The van der Waals surface area contributed by atoms with Gasteiger partial charge in [-0.25, -0.2) is 4.39 Å². The van der Waals surface area contributed by atoms with Gasteiger partial charge >= 0.3 is 6.18 Å². The Balaban J connectivity index is 2.40. The van der Waals surface area contributed by atoms with Gasteiger partial charge in [-0.1, -0.05) is 22.0 Å². The minimum atomic E-state index is -4.17. The van der Waals surface area contributed by atoms with Crippen LogP contribution in [0.15, 0.2) is 18.2 Å². The second-order valence-corrected chi connectivity index (χ2v) is 4.01. The molecule has 0 amide bonds. The van der Waals surface area contributed by atoms with E-state index >= 15 is 0 Å². The highest BCUT2D eigenvalue weighted by Gasteiger charge is 2.26. The van der Waals surface area contributed by atoms with Crippen molar-refractivity contribution in [2.45, 2.75) is 24.3 Å². The van der Waals surface area contributed by atoms with Crippen molar-refractivity contribution in [1.29, 1.82) is 0 Å². The van der Waals surface area contributed by atoms with E-state index in [1.807, 2.05) is 0 Å². The molecule has 0 fully saturated rings. The fraction of sp³-hybridized carbons (Fsp3) is 0.455. The maximum atomic E-state index is 13.3. The first kappa shape index (κ1) is 14.3. The topological polar surface area (TPSA) is 9.23 Å². The molecule has 0 atom stereocenters.